The van der Waals surface area contributed by atoms with Crippen LogP contribution in [0.1, 0.15) is 32.6 Å². The van der Waals surface area contributed by atoms with Crippen molar-refractivity contribution in [3.05, 3.63) is 0 Å². The number of likely N-dealkylation sites (tertiary alicyclic amines) is 1. The number of hydrogen-bond acceptors (Lipinski definition) is 4. The largest absolute Gasteiger partial charge is 0.523 e. The second-order valence-electron chi connectivity index (χ2n) is 4.18. The molecule has 1 unspecified atom stereocenters. The first-order chi connectivity index (χ1) is 8.15. The van der Waals surface area contributed by atoms with Gasteiger partial charge in [-0.15, -0.1) is 0 Å². The topological polar surface area (TPSA) is 48.0 Å². The Balaban J connectivity index is 2.91. The van der Waals surface area contributed by atoms with Crippen molar-refractivity contribution in [1.29, 1.82) is 0 Å². The van der Waals surface area contributed by atoms with Crippen molar-refractivity contribution in [3.8, 4) is 0 Å². The van der Waals surface area contributed by atoms with Gasteiger partial charge in [0.15, 0.2) is 0 Å². The summed E-state index contributed by atoms with van der Waals surface area (Å²) in [6.45, 7) is 2.81. The molecule has 1 rings (SSSR count). The molecule has 0 aromatic heterocycles. The van der Waals surface area contributed by atoms with Gasteiger partial charge in [-0.1, -0.05) is 6.92 Å². The third kappa shape index (κ3) is 2.88. The van der Waals surface area contributed by atoms with E-state index < -0.39 is 8.80 Å². The van der Waals surface area contributed by atoms with Crippen LogP contribution in [0.3, 0.4) is 0 Å². The molecule has 1 amide bonds. The van der Waals surface area contributed by atoms with E-state index in [2.05, 4.69) is 0 Å². The predicted octanol–water partition coefficient (Wildman–Crippen LogP) is 1.19. The van der Waals surface area contributed by atoms with E-state index >= 15 is 0 Å². The fourth-order valence-electron chi connectivity index (χ4n) is 2.48. The summed E-state index contributed by atoms with van der Waals surface area (Å²) in [5.74, 6) is 0.186. The van der Waals surface area contributed by atoms with Gasteiger partial charge in [0.25, 0.3) is 0 Å². The van der Waals surface area contributed by atoms with Gasteiger partial charge in [-0.25, -0.2) is 0 Å². The summed E-state index contributed by atoms with van der Waals surface area (Å²) in [7, 11) is 2.01. The number of nitrogens with zero attached hydrogens (tertiary/aromatic N) is 1. The van der Waals surface area contributed by atoms with Gasteiger partial charge in [0.2, 0.25) is 5.91 Å². The molecule has 0 bridgehead atoms. The summed E-state index contributed by atoms with van der Waals surface area (Å²) in [6, 6.07) is 0. The lowest BCUT2D eigenvalue weighted by molar-refractivity contribution is -0.135. The molecule has 0 aromatic carbocycles. The van der Waals surface area contributed by atoms with Crippen molar-refractivity contribution < 1.29 is 18.1 Å². The Labute approximate surface area is 104 Å². The zero-order chi connectivity index (χ0) is 12.9. The summed E-state index contributed by atoms with van der Waals surface area (Å²) in [5.41, 5.74) is -0.0738. The van der Waals surface area contributed by atoms with Gasteiger partial charge in [-0.3, -0.25) is 4.79 Å². The molecular weight excluding hydrogens is 238 g/mol. The molecule has 0 saturated carbocycles. The summed E-state index contributed by atoms with van der Waals surface area (Å²) in [6.07, 6.45) is 3.43. The molecule has 0 radical (unpaired) electrons. The van der Waals surface area contributed by atoms with Crippen molar-refractivity contribution in [2.75, 3.05) is 27.9 Å². The summed E-state index contributed by atoms with van der Waals surface area (Å²) >= 11 is 0. The minimum atomic E-state index is -2.77. The average Bonchev–Trinajstić information content (AvgIpc) is 2.38. The standard InChI is InChI=1S/C11H23NO4Si/c1-5-11(17(14-2,15-3)16-4)12-9-7-6-8-10(12)13/h11H,5-9H2,1-4H3. The first kappa shape index (κ1) is 14.6. The van der Waals surface area contributed by atoms with Gasteiger partial charge >= 0.3 is 8.80 Å². The second-order valence-corrected chi connectivity index (χ2v) is 7.28. The van der Waals surface area contributed by atoms with Crippen LogP contribution >= 0.6 is 0 Å². The van der Waals surface area contributed by atoms with Crippen molar-refractivity contribution in [2.45, 2.75) is 38.3 Å². The Hall–Kier alpha value is -0.433. The Bertz CT molecular complexity index is 250. The van der Waals surface area contributed by atoms with Gasteiger partial charge in [0.1, 0.15) is 5.67 Å². The molecule has 0 spiro atoms. The number of carbonyl (C=O) groups is 1. The summed E-state index contributed by atoms with van der Waals surface area (Å²) in [4.78, 5) is 13.9. The summed E-state index contributed by atoms with van der Waals surface area (Å²) < 4.78 is 16.5. The Kier molecular flexibility index (Phi) is 5.58. The normalized spacial score (nSPS) is 19.5. The molecule has 6 heteroatoms. The first-order valence-corrected chi connectivity index (χ1v) is 7.90. The minimum absolute atomic E-state index is 0.0738. The monoisotopic (exact) mass is 261 g/mol. The number of rotatable bonds is 6. The quantitative estimate of drug-likeness (QED) is 0.674. The predicted molar refractivity (Wildman–Crippen MR) is 66.4 cm³/mol. The molecule has 0 aromatic rings. The highest BCUT2D eigenvalue weighted by atomic mass is 28.4. The van der Waals surface area contributed by atoms with Gasteiger partial charge < -0.3 is 18.2 Å². The molecule has 17 heavy (non-hydrogen) atoms. The SMILES string of the molecule is CCC(N1CCCCC1=O)[Si](OC)(OC)OC. The molecule has 1 heterocycles. The van der Waals surface area contributed by atoms with Crippen molar-refractivity contribution >= 4 is 14.7 Å². The Morgan fingerprint density at radius 3 is 2.24 bits per heavy atom. The molecule has 1 aliphatic heterocycles. The smallest absolute Gasteiger partial charge is 0.376 e. The van der Waals surface area contributed by atoms with Crippen LogP contribution in [0, 0.1) is 0 Å². The van der Waals surface area contributed by atoms with Gasteiger partial charge in [-0.05, 0) is 19.3 Å². The number of hydrogen-bond donors (Lipinski definition) is 0. The van der Waals surface area contributed by atoms with Crippen LogP contribution in [0.25, 0.3) is 0 Å². The first-order valence-electron chi connectivity index (χ1n) is 6.10. The minimum Gasteiger partial charge on any atom is -0.376 e. The highest BCUT2D eigenvalue weighted by Crippen LogP contribution is 2.24. The van der Waals surface area contributed by atoms with Crippen LogP contribution in [-0.4, -0.2) is 53.2 Å². The maximum atomic E-state index is 12.0. The van der Waals surface area contributed by atoms with Crippen LogP contribution in [0.2, 0.25) is 0 Å². The molecular formula is C11H23NO4Si. The lowest BCUT2D eigenvalue weighted by Gasteiger charge is -2.40. The number of piperidine rings is 1. The van der Waals surface area contributed by atoms with Crippen LogP contribution in [-0.2, 0) is 18.1 Å². The van der Waals surface area contributed by atoms with Crippen LogP contribution < -0.4 is 0 Å². The van der Waals surface area contributed by atoms with Crippen LogP contribution in [0.5, 0.6) is 0 Å². The molecule has 0 aliphatic carbocycles. The Morgan fingerprint density at radius 2 is 1.82 bits per heavy atom. The second kappa shape index (κ2) is 6.49. The zero-order valence-corrected chi connectivity index (χ0v) is 12.2. The van der Waals surface area contributed by atoms with Gasteiger partial charge in [-0.2, -0.15) is 0 Å². The van der Waals surface area contributed by atoms with Gasteiger partial charge in [0, 0.05) is 34.3 Å². The highest BCUT2D eigenvalue weighted by Gasteiger charge is 2.50. The molecule has 1 atom stereocenters. The van der Waals surface area contributed by atoms with E-state index in [1.807, 2.05) is 11.8 Å². The lowest BCUT2D eigenvalue weighted by Crippen LogP contribution is -2.63. The molecule has 5 nitrogen and oxygen atoms in total. The average molecular weight is 261 g/mol. The van der Waals surface area contributed by atoms with Crippen LogP contribution in [0.15, 0.2) is 0 Å². The molecule has 0 N–H and O–H groups in total. The zero-order valence-electron chi connectivity index (χ0n) is 11.2. The van der Waals surface area contributed by atoms with Crippen LogP contribution in [0.4, 0.5) is 0 Å². The maximum Gasteiger partial charge on any atom is 0.523 e. The number of amides is 1. The molecule has 1 fully saturated rings. The van der Waals surface area contributed by atoms with E-state index in [-0.39, 0.29) is 11.6 Å². The van der Waals surface area contributed by atoms with Crippen molar-refractivity contribution in [3.63, 3.8) is 0 Å². The van der Waals surface area contributed by atoms with Crippen molar-refractivity contribution in [1.82, 2.24) is 4.90 Å². The number of carbonyl (C=O) groups excluding carboxylic acids is 1. The van der Waals surface area contributed by atoms with Crippen molar-refractivity contribution in [2.24, 2.45) is 0 Å². The van der Waals surface area contributed by atoms with E-state index in [9.17, 15) is 4.79 Å². The third-order valence-electron chi connectivity index (χ3n) is 3.38. The molecule has 100 valence electrons. The van der Waals surface area contributed by atoms with E-state index in [1.54, 1.807) is 21.3 Å². The highest BCUT2D eigenvalue weighted by molar-refractivity contribution is 6.62. The van der Waals surface area contributed by atoms with E-state index in [1.165, 1.54) is 0 Å². The van der Waals surface area contributed by atoms with E-state index in [4.69, 9.17) is 13.3 Å². The van der Waals surface area contributed by atoms with Gasteiger partial charge in [0.05, 0.1) is 0 Å². The fourth-order valence-corrected chi connectivity index (χ4v) is 4.95. The maximum absolute atomic E-state index is 12.0. The summed E-state index contributed by atoms with van der Waals surface area (Å²) in [5, 5.41) is 0. The Morgan fingerprint density at radius 1 is 1.24 bits per heavy atom. The molecule has 1 aliphatic rings. The lowest BCUT2D eigenvalue weighted by atomic mass is 10.1. The van der Waals surface area contributed by atoms with E-state index in [0.29, 0.717) is 6.42 Å². The third-order valence-corrected chi connectivity index (χ3v) is 6.63. The molecule has 1 saturated heterocycles. The fraction of sp³-hybridized carbons (Fsp3) is 0.909. The van der Waals surface area contributed by atoms with E-state index in [0.717, 1.165) is 25.8 Å².